The van der Waals surface area contributed by atoms with E-state index in [-0.39, 0.29) is 11.8 Å². The number of benzene rings is 2. The zero-order valence-electron chi connectivity index (χ0n) is 16.0. The van der Waals surface area contributed by atoms with Crippen LogP contribution in [-0.4, -0.2) is 10.9 Å². The molecule has 4 rings (SSSR count). The lowest BCUT2D eigenvalue weighted by atomic mass is 9.88. The molecule has 4 heteroatoms. The molecule has 0 aliphatic heterocycles. The molecule has 1 amide bonds. The number of pyridine rings is 1. The minimum atomic E-state index is 0.0382. The predicted molar refractivity (Wildman–Crippen MR) is 119 cm³/mol. The lowest BCUT2D eigenvalue weighted by Crippen LogP contribution is -2.25. The second-order valence-corrected chi connectivity index (χ2v) is 7.70. The van der Waals surface area contributed by atoms with Crippen LogP contribution in [0.5, 0.6) is 0 Å². The van der Waals surface area contributed by atoms with Crippen LogP contribution in [-0.2, 0) is 11.3 Å². The number of aromatic nitrogens is 1. The van der Waals surface area contributed by atoms with Gasteiger partial charge in [-0.25, -0.2) is 0 Å². The number of rotatable bonds is 7. The molecule has 3 nitrogen and oxygen atoms in total. The van der Waals surface area contributed by atoms with Gasteiger partial charge in [-0.05, 0) is 40.3 Å². The van der Waals surface area contributed by atoms with Crippen molar-refractivity contribution >= 4 is 17.2 Å². The molecule has 0 atom stereocenters. The Kier molecular flexibility index (Phi) is 6.13. The summed E-state index contributed by atoms with van der Waals surface area (Å²) < 4.78 is 0. The highest BCUT2D eigenvalue weighted by atomic mass is 32.1. The van der Waals surface area contributed by atoms with Gasteiger partial charge in [0.2, 0.25) is 5.91 Å². The van der Waals surface area contributed by atoms with E-state index in [9.17, 15) is 4.79 Å². The Labute approximate surface area is 175 Å². The van der Waals surface area contributed by atoms with E-state index < -0.39 is 0 Å². The van der Waals surface area contributed by atoms with Crippen molar-refractivity contribution in [3.8, 4) is 11.3 Å². The zero-order valence-corrected chi connectivity index (χ0v) is 16.8. The number of hydrogen-bond donors (Lipinski definition) is 1. The van der Waals surface area contributed by atoms with Gasteiger partial charge in [-0.1, -0.05) is 60.7 Å². The Hall–Kier alpha value is -3.24. The van der Waals surface area contributed by atoms with E-state index in [1.54, 1.807) is 17.5 Å². The van der Waals surface area contributed by atoms with Gasteiger partial charge in [-0.3, -0.25) is 9.78 Å². The van der Waals surface area contributed by atoms with Gasteiger partial charge in [0, 0.05) is 36.0 Å². The average molecular weight is 399 g/mol. The van der Waals surface area contributed by atoms with Crippen LogP contribution < -0.4 is 5.32 Å². The fraction of sp³-hybridized carbons (Fsp3) is 0.120. The van der Waals surface area contributed by atoms with Crippen molar-refractivity contribution in [2.45, 2.75) is 18.9 Å². The Morgan fingerprint density at radius 2 is 1.62 bits per heavy atom. The largest absolute Gasteiger partial charge is 0.352 e. The summed E-state index contributed by atoms with van der Waals surface area (Å²) in [5.41, 5.74) is 5.39. The molecule has 4 aromatic rings. The molecular formula is C25H22N2OS. The Balaban J connectivity index is 1.44. The first-order valence-electron chi connectivity index (χ1n) is 9.64. The molecule has 0 aliphatic rings. The third-order valence-electron chi connectivity index (χ3n) is 4.92. The number of amides is 1. The van der Waals surface area contributed by atoms with Gasteiger partial charge in [0.05, 0.1) is 5.69 Å². The third-order valence-corrected chi connectivity index (χ3v) is 5.61. The van der Waals surface area contributed by atoms with E-state index in [4.69, 9.17) is 0 Å². The predicted octanol–water partition coefficient (Wildman–Crippen LogP) is 5.65. The maximum absolute atomic E-state index is 12.8. The number of thiophene rings is 1. The SMILES string of the molecule is O=C(CC(c1ccccc1)c1ccccc1)NCc1ccnc(-c2ccsc2)c1. The van der Waals surface area contributed by atoms with Crippen LogP contribution in [0, 0.1) is 0 Å². The van der Waals surface area contributed by atoms with Crippen LogP contribution in [0.3, 0.4) is 0 Å². The minimum absolute atomic E-state index is 0.0382. The van der Waals surface area contributed by atoms with E-state index in [1.807, 2.05) is 53.9 Å². The molecule has 2 aromatic carbocycles. The molecule has 0 saturated carbocycles. The first-order valence-corrected chi connectivity index (χ1v) is 10.6. The molecule has 1 N–H and O–H groups in total. The van der Waals surface area contributed by atoms with Gasteiger partial charge in [0.15, 0.2) is 0 Å². The van der Waals surface area contributed by atoms with Gasteiger partial charge >= 0.3 is 0 Å². The fourth-order valence-corrected chi connectivity index (χ4v) is 4.06. The van der Waals surface area contributed by atoms with E-state index >= 15 is 0 Å². The molecule has 0 aliphatic carbocycles. The van der Waals surface area contributed by atoms with Gasteiger partial charge in [0.1, 0.15) is 0 Å². The third kappa shape index (κ3) is 4.98. The summed E-state index contributed by atoms with van der Waals surface area (Å²) in [6, 6.07) is 26.5. The fourth-order valence-electron chi connectivity index (χ4n) is 3.41. The van der Waals surface area contributed by atoms with Crippen molar-refractivity contribution in [1.29, 1.82) is 0 Å². The van der Waals surface area contributed by atoms with Crippen LogP contribution in [0.4, 0.5) is 0 Å². The maximum atomic E-state index is 12.8. The molecule has 0 fully saturated rings. The van der Waals surface area contributed by atoms with E-state index in [0.29, 0.717) is 13.0 Å². The van der Waals surface area contributed by atoms with E-state index in [0.717, 1.165) is 27.9 Å². The minimum Gasteiger partial charge on any atom is -0.352 e. The number of nitrogens with one attached hydrogen (secondary N) is 1. The monoisotopic (exact) mass is 398 g/mol. The van der Waals surface area contributed by atoms with Crippen LogP contribution >= 0.6 is 11.3 Å². The lowest BCUT2D eigenvalue weighted by molar-refractivity contribution is -0.121. The molecule has 0 unspecified atom stereocenters. The summed E-state index contributed by atoms with van der Waals surface area (Å²) in [6.07, 6.45) is 2.21. The molecule has 0 radical (unpaired) electrons. The zero-order chi connectivity index (χ0) is 19.9. The van der Waals surface area contributed by atoms with Crippen LogP contribution in [0.2, 0.25) is 0 Å². The van der Waals surface area contributed by atoms with Crippen LogP contribution in [0.1, 0.15) is 29.0 Å². The Morgan fingerprint density at radius 1 is 0.931 bits per heavy atom. The Morgan fingerprint density at radius 3 is 2.24 bits per heavy atom. The summed E-state index contributed by atoms with van der Waals surface area (Å²) in [5, 5.41) is 7.20. The highest BCUT2D eigenvalue weighted by Gasteiger charge is 2.18. The van der Waals surface area contributed by atoms with E-state index in [2.05, 4.69) is 46.0 Å². The number of hydrogen-bond acceptors (Lipinski definition) is 3. The lowest BCUT2D eigenvalue weighted by Gasteiger charge is -2.18. The summed E-state index contributed by atoms with van der Waals surface area (Å²) in [7, 11) is 0. The summed E-state index contributed by atoms with van der Waals surface area (Å²) in [4.78, 5) is 17.2. The Bertz CT molecular complexity index is 1010. The summed E-state index contributed by atoms with van der Waals surface area (Å²) >= 11 is 1.65. The second kappa shape index (κ2) is 9.30. The standard InChI is InChI=1S/C25H22N2OS/c28-25(27-17-19-11-13-26-24(15-19)22-12-14-29-18-22)16-23(20-7-3-1-4-8-20)21-9-5-2-6-10-21/h1-15,18,23H,16-17H2,(H,27,28). The van der Waals surface area contributed by atoms with E-state index in [1.165, 1.54) is 0 Å². The molecule has 0 spiro atoms. The molecule has 2 aromatic heterocycles. The topological polar surface area (TPSA) is 42.0 Å². The van der Waals surface area contributed by atoms with Gasteiger partial charge in [-0.15, -0.1) is 0 Å². The molecule has 0 saturated heterocycles. The van der Waals surface area contributed by atoms with Crippen molar-refractivity contribution in [3.63, 3.8) is 0 Å². The van der Waals surface area contributed by atoms with Crippen molar-refractivity contribution in [3.05, 3.63) is 113 Å². The van der Waals surface area contributed by atoms with Gasteiger partial charge in [0.25, 0.3) is 0 Å². The van der Waals surface area contributed by atoms with Crippen molar-refractivity contribution in [1.82, 2.24) is 10.3 Å². The highest BCUT2D eigenvalue weighted by molar-refractivity contribution is 7.08. The van der Waals surface area contributed by atoms with Crippen molar-refractivity contribution < 1.29 is 4.79 Å². The summed E-state index contributed by atoms with van der Waals surface area (Å²) in [5.74, 6) is 0.0767. The van der Waals surface area contributed by atoms with Crippen LogP contribution in [0.25, 0.3) is 11.3 Å². The maximum Gasteiger partial charge on any atom is 0.221 e. The molecular weight excluding hydrogens is 376 g/mol. The first kappa shape index (κ1) is 19.1. The number of carbonyl (C=O) groups excluding carboxylic acids is 1. The van der Waals surface area contributed by atoms with Gasteiger partial charge < -0.3 is 5.32 Å². The smallest absolute Gasteiger partial charge is 0.221 e. The molecule has 144 valence electrons. The number of carbonyl (C=O) groups is 1. The second-order valence-electron chi connectivity index (χ2n) is 6.92. The first-order chi connectivity index (χ1) is 14.3. The normalized spacial score (nSPS) is 10.8. The molecule has 0 bridgehead atoms. The van der Waals surface area contributed by atoms with Crippen molar-refractivity contribution in [2.75, 3.05) is 0 Å². The molecule has 29 heavy (non-hydrogen) atoms. The van der Waals surface area contributed by atoms with Crippen LogP contribution in [0.15, 0.2) is 95.8 Å². The molecule has 2 heterocycles. The number of nitrogens with zero attached hydrogens (tertiary/aromatic N) is 1. The highest BCUT2D eigenvalue weighted by Crippen LogP contribution is 2.28. The quantitative estimate of drug-likeness (QED) is 0.437. The van der Waals surface area contributed by atoms with Gasteiger partial charge in [-0.2, -0.15) is 11.3 Å². The average Bonchev–Trinajstić information content (AvgIpc) is 3.33. The van der Waals surface area contributed by atoms with Crippen molar-refractivity contribution in [2.24, 2.45) is 0 Å². The summed E-state index contributed by atoms with van der Waals surface area (Å²) in [6.45, 7) is 0.495.